The molecule has 0 heterocycles. The highest BCUT2D eigenvalue weighted by Crippen LogP contribution is 2.43. The summed E-state index contributed by atoms with van der Waals surface area (Å²) < 4.78 is 32.6. The van der Waals surface area contributed by atoms with Crippen LogP contribution in [0.2, 0.25) is 0 Å². The average molecular weight is 700 g/mol. The molecular weight excluding hydrogens is 629 g/mol. The van der Waals surface area contributed by atoms with E-state index < -0.39 is 32.5 Å². The molecule has 0 bridgehead atoms. The number of phosphoric acid groups is 1. The first-order valence-corrected chi connectivity index (χ1v) is 20.5. The van der Waals surface area contributed by atoms with E-state index in [0.29, 0.717) is 12.8 Å². The first kappa shape index (κ1) is 46.2. The Labute approximate surface area is 293 Å². The molecule has 0 saturated carbocycles. The van der Waals surface area contributed by atoms with E-state index in [1.54, 1.807) is 0 Å². The topological polar surface area (TPSA) is 134 Å². The van der Waals surface area contributed by atoms with Crippen LogP contribution in [0.1, 0.15) is 162 Å². The summed E-state index contributed by atoms with van der Waals surface area (Å²) in [5.41, 5.74) is 5.32. The van der Waals surface area contributed by atoms with Gasteiger partial charge in [-0.25, -0.2) is 4.57 Å². The van der Waals surface area contributed by atoms with Gasteiger partial charge in [-0.1, -0.05) is 115 Å². The van der Waals surface area contributed by atoms with Gasteiger partial charge in [0.2, 0.25) is 0 Å². The Hall–Kier alpha value is -1.77. The predicted octanol–water partition coefficient (Wildman–Crippen LogP) is 10.2. The number of phosphoric ester groups is 1. The Bertz CT molecular complexity index is 892. The van der Waals surface area contributed by atoms with Crippen molar-refractivity contribution in [2.45, 2.75) is 168 Å². The largest absolute Gasteiger partial charge is 0.472 e. The van der Waals surface area contributed by atoms with Gasteiger partial charge in [-0.15, -0.1) is 0 Å². The minimum Gasteiger partial charge on any atom is -0.462 e. The molecule has 3 N–H and O–H groups in total. The van der Waals surface area contributed by atoms with E-state index in [1.807, 2.05) is 0 Å². The van der Waals surface area contributed by atoms with Crippen molar-refractivity contribution >= 4 is 19.8 Å². The van der Waals surface area contributed by atoms with E-state index in [-0.39, 0.29) is 32.6 Å². The van der Waals surface area contributed by atoms with Gasteiger partial charge in [0.15, 0.2) is 6.10 Å². The van der Waals surface area contributed by atoms with E-state index in [0.717, 1.165) is 77.0 Å². The fourth-order valence-electron chi connectivity index (χ4n) is 4.89. The summed E-state index contributed by atoms with van der Waals surface area (Å²) in [4.78, 5) is 34.7. The molecule has 0 aliphatic heterocycles. The third-order valence-corrected chi connectivity index (χ3v) is 8.73. The number of allylic oxidation sites excluding steroid dienone is 6. The Morgan fingerprint density at radius 1 is 0.625 bits per heavy atom. The normalized spacial score (nSPS) is 13.8. The van der Waals surface area contributed by atoms with Crippen molar-refractivity contribution in [1.29, 1.82) is 0 Å². The molecule has 48 heavy (non-hydrogen) atoms. The number of carbonyl (C=O) groups is 2. The summed E-state index contributed by atoms with van der Waals surface area (Å²) >= 11 is 0. The van der Waals surface area contributed by atoms with Crippen LogP contribution in [0.4, 0.5) is 0 Å². The number of hydrogen-bond acceptors (Lipinski definition) is 8. The molecule has 0 rings (SSSR count). The standard InChI is InChI=1S/C38H70NO8P/c1-3-5-7-9-11-13-15-17-18-19-21-22-24-26-28-30-37(40)44-34-36(35-46-48(42,43)45-33-32-39)47-38(41)31-29-27-25-23-20-16-14-12-10-8-6-4-2/h11-14,17-18,36H,3-10,15-16,19-35,39H2,1-2H3,(H,42,43)/b13-11+,14-12+,18-17+/t36-/m1/s1. The van der Waals surface area contributed by atoms with Crippen LogP contribution < -0.4 is 5.73 Å². The molecule has 0 amide bonds. The molecule has 0 aromatic rings. The molecule has 0 aliphatic carbocycles. The van der Waals surface area contributed by atoms with Gasteiger partial charge in [-0.2, -0.15) is 0 Å². The fourth-order valence-corrected chi connectivity index (χ4v) is 5.66. The highest BCUT2D eigenvalue weighted by molar-refractivity contribution is 7.47. The van der Waals surface area contributed by atoms with Gasteiger partial charge in [0.1, 0.15) is 6.61 Å². The van der Waals surface area contributed by atoms with Gasteiger partial charge >= 0.3 is 19.8 Å². The first-order chi connectivity index (χ1) is 23.3. The van der Waals surface area contributed by atoms with Crippen LogP contribution in [-0.2, 0) is 32.7 Å². The van der Waals surface area contributed by atoms with E-state index in [1.165, 1.54) is 44.9 Å². The summed E-state index contributed by atoms with van der Waals surface area (Å²) in [6, 6.07) is 0. The Kier molecular flexibility index (Phi) is 33.8. The van der Waals surface area contributed by atoms with Crippen LogP contribution in [-0.4, -0.2) is 49.3 Å². The van der Waals surface area contributed by atoms with E-state index in [9.17, 15) is 19.0 Å². The lowest BCUT2D eigenvalue weighted by atomic mass is 10.1. The van der Waals surface area contributed by atoms with Gasteiger partial charge < -0.3 is 20.1 Å². The predicted molar refractivity (Wildman–Crippen MR) is 197 cm³/mol. The van der Waals surface area contributed by atoms with Crippen molar-refractivity contribution in [2.75, 3.05) is 26.4 Å². The zero-order chi connectivity index (χ0) is 35.4. The molecule has 9 nitrogen and oxygen atoms in total. The zero-order valence-corrected chi connectivity index (χ0v) is 31.4. The molecule has 0 fully saturated rings. The maximum atomic E-state index is 12.5. The van der Waals surface area contributed by atoms with Crippen molar-refractivity contribution in [3.05, 3.63) is 36.5 Å². The molecule has 1 unspecified atom stereocenters. The zero-order valence-electron chi connectivity index (χ0n) is 30.5. The van der Waals surface area contributed by atoms with Crippen LogP contribution in [0, 0.1) is 0 Å². The van der Waals surface area contributed by atoms with Crippen LogP contribution in [0.25, 0.3) is 0 Å². The van der Waals surface area contributed by atoms with Gasteiger partial charge in [0.05, 0.1) is 13.2 Å². The Morgan fingerprint density at radius 3 is 1.60 bits per heavy atom. The minimum atomic E-state index is -4.37. The van der Waals surface area contributed by atoms with Crippen molar-refractivity contribution in [1.82, 2.24) is 0 Å². The molecule has 280 valence electrons. The number of rotatable bonds is 35. The van der Waals surface area contributed by atoms with Crippen LogP contribution in [0.5, 0.6) is 0 Å². The summed E-state index contributed by atoms with van der Waals surface area (Å²) in [6.45, 7) is 3.63. The van der Waals surface area contributed by atoms with Crippen molar-refractivity contribution in [2.24, 2.45) is 5.73 Å². The quantitative estimate of drug-likeness (QED) is 0.0287. The highest BCUT2D eigenvalue weighted by atomic mass is 31.2. The molecule has 0 radical (unpaired) electrons. The number of carbonyl (C=O) groups excluding carboxylic acids is 2. The summed E-state index contributed by atoms with van der Waals surface area (Å²) in [6.07, 6.45) is 36.0. The maximum Gasteiger partial charge on any atom is 0.472 e. The number of unbranched alkanes of at least 4 members (excludes halogenated alkanes) is 16. The second-order valence-corrected chi connectivity index (χ2v) is 13.9. The molecule has 10 heteroatoms. The highest BCUT2D eigenvalue weighted by Gasteiger charge is 2.25. The third kappa shape index (κ3) is 34.1. The van der Waals surface area contributed by atoms with Crippen LogP contribution in [0.3, 0.4) is 0 Å². The van der Waals surface area contributed by atoms with Crippen molar-refractivity contribution in [3.63, 3.8) is 0 Å². The average Bonchev–Trinajstić information content (AvgIpc) is 3.07. The molecule has 0 aromatic heterocycles. The smallest absolute Gasteiger partial charge is 0.462 e. The molecule has 0 aromatic carbocycles. The number of hydrogen-bond donors (Lipinski definition) is 2. The third-order valence-electron chi connectivity index (χ3n) is 7.75. The number of ether oxygens (including phenoxy) is 2. The summed E-state index contributed by atoms with van der Waals surface area (Å²) in [5, 5.41) is 0. The van der Waals surface area contributed by atoms with Gasteiger partial charge in [-0.05, 0) is 70.6 Å². The first-order valence-electron chi connectivity index (χ1n) is 19.0. The second-order valence-electron chi connectivity index (χ2n) is 12.4. The Balaban J connectivity index is 4.26. The van der Waals surface area contributed by atoms with E-state index in [4.69, 9.17) is 24.3 Å². The molecule has 0 spiro atoms. The number of nitrogens with two attached hydrogens (primary N) is 1. The second kappa shape index (κ2) is 35.1. The molecule has 2 atom stereocenters. The number of esters is 2. The van der Waals surface area contributed by atoms with Gasteiger partial charge in [0, 0.05) is 19.4 Å². The molecule has 0 saturated heterocycles. The summed E-state index contributed by atoms with van der Waals surface area (Å²) in [7, 11) is -4.37. The SMILES string of the molecule is CCCCC/C=C/C/C=C/CCCCCCCC(=O)OC[C@H](COP(=O)(O)OCCN)OC(=O)CCCCCCC/C=C/CCCCC. The lowest BCUT2D eigenvalue weighted by molar-refractivity contribution is -0.161. The molecular formula is C38H70NO8P. The van der Waals surface area contributed by atoms with E-state index in [2.05, 4.69) is 50.3 Å². The molecule has 0 aliphatic rings. The van der Waals surface area contributed by atoms with Crippen LogP contribution in [0.15, 0.2) is 36.5 Å². The maximum absolute atomic E-state index is 12.5. The van der Waals surface area contributed by atoms with Crippen molar-refractivity contribution < 1.29 is 37.6 Å². The van der Waals surface area contributed by atoms with Gasteiger partial charge in [0.25, 0.3) is 0 Å². The van der Waals surface area contributed by atoms with Crippen molar-refractivity contribution in [3.8, 4) is 0 Å². The fraction of sp³-hybridized carbons (Fsp3) is 0.789. The minimum absolute atomic E-state index is 0.0495. The summed E-state index contributed by atoms with van der Waals surface area (Å²) in [5.74, 6) is -0.858. The lowest BCUT2D eigenvalue weighted by Crippen LogP contribution is -2.29. The van der Waals surface area contributed by atoms with Crippen LogP contribution >= 0.6 is 7.82 Å². The monoisotopic (exact) mass is 699 g/mol. The lowest BCUT2D eigenvalue weighted by Gasteiger charge is -2.19. The van der Waals surface area contributed by atoms with Gasteiger partial charge in [-0.3, -0.25) is 18.6 Å². The van der Waals surface area contributed by atoms with E-state index >= 15 is 0 Å². The Morgan fingerprint density at radius 2 is 1.08 bits per heavy atom.